The molecular formula is C18H29BrN2O2. The van der Waals surface area contributed by atoms with Crippen molar-refractivity contribution in [2.45, 2.75) is 53.2 Å². The van der Waals surface area contributed by atoms with Gasteiger partial charge in [-0.2, -0.15) is 0 Å². The van der Waals surface area contributed by atoms with Crippen molar-refractivity contribution in [2.24, 2.45) is 0 Å². The third-order valence-corrected chi connectivity index (χ3v) is 4.12. The highest BCUT2D eigenvalue weighted by Gasteiger charge is 2.21. The van der Waals surface area contributed by atoms with Gasteiger partial charge in [0, 0.05) is 30.7 Å². The number of carbonyl (C=O) groups is 1. The van der Waals surface area contributed by atoms with Crippen LogP contribution < -0.4 is 5.32 Å². The molecule has 0 atom stereocenters. The number of nitrogens with one attached hydrogen (secondary N) is 1. The van der Waals surface area contributed by atoms with Gasteiger partial charge >= 0.3 is 6.09 Å². The topological polar surface area (TPSA) is 41.6 Å². The van der Waals surface area contributed by atoms with E-state index < -0.39 is 5.60 Å². The Labute approximate surface area is 148 Å². The van der Waals surface area contributed by atoms with E-state index >= 15 is 0 Å². The van der Waals surface area contributed by atoms with Crippen LogP contribution in [0.3, 0.4) is 0 Å². The van der Waals surface area contributed by atoms with Crippen LogP contribution in [0.1, 0.15) is 45.2 Å². The summed E-state index contributed by atoms with van der Waals surface area (Å²) in [7, 11) is 0. The molecule has 0 aromatic heterocycles. The summed E-state index contributed by atoms with van der Waals surface area (Å²) >= 11 is 3.55. The number of carbonyl (C=O) groups excluding carboxylic acids is 1. The maximum absolute atomic E-state index is 12.2. The summed E-state index contributed by atoms with van der Waals surface area (Å²) in [6.07, 6.45) is 0.684. The van der Waals surface area contributed by atoms with Crippen molar-refractivity contribution in [3.63, 3.8) is 0 Å². The van der Waals surface area contributed by atoms with Gasteiger partial charge in [-0.25, -0.2) is 4.79 Å². The highest BCUT2D eigenvalue weighted by atomic mass is 79.9. The van der Waals surface area contributed by atoms with E-state index in [9.17, 15) is 4.79 Å². The minimum atomic E-state index is -0.454. The molecule has 0 aliphatic rings. The molecule has 130 valence electrons. The van der Waals surface area contributed by atoms with Crippen LogP contribution in [0.25, 0.3) is 0 Å². The molecule has 1 aromatic rings. The van der Waals surface area contributed by atoms with Crippen LogP contribution in [0.4, 0.5) is 4.79 Å². The van der Waals surface area contributed by atoms with Gasteiger partial charge < -0.3 is 15.0 Å². The molecule has 1 rings (SSSR count). The first-order valence-corrected chi connectivity index (χ1v) is 8.96. The minimum absolute atomic E-state index is 0.237. The predicted molar refractivity (Wildman–Crippen MR) is 98.7 cm³/mol. The van der Waals surface area contributed by atoms with E-state index in [0.717, 1.165) is 24.0 Å². The first kappa shape index (κ1) is 20.0. The Kier molecular flexibility index (Phi) is 8.06. The second-order valence-electron chi connectivity index (χ2n) is 6.73. The van der Waals surface area contributed by atoms with E-state index in [4.69, 9.17) is 4.74 Å². The summed E-state index contributed by atoms with van der Waals surface area (Å²) in [6, 6.07) is 6.34. The fraction of sp³-hybridized carbons (Fsp3) is 0.611. The van der Waals surface area contributed by atoms with Gasteiger partial charge in [-0.15, -0.1) is 0 Å². The van der Waals surface area contributed by atoms with Crippen LogP contribution in [0.5, 0.6) is 0 Å². The summed E-state index contributed by atoms with van der Waals surface area (Å²) in [5, 5.41) is 3.38. The van der Waals surface area contributed by atoms with Crippen molar-refractivity contribution in [1.82, 2.24) is 10.2 Å². The number of halogens is 1. The van der Waals surface area contributed by atoms with Crippen LogP contribution in [0, 0.1) is 6.92 Å². The molecule has 0 radical (unpaired) electrons. The van der Waals surface area contributed by atoms with E-state index in [0.29, 0.717) is 13.1 Å². The smallest absolute Gasteiger partial charge is 0.410 e. The zero-order valence-electron chi connectivity index (χ0n) is 14.9. The lowest BCUT2D eigenvalue weighted by molar-refractivity contribution is 0.0252. The molecular weight excluding hydrogens is 356 g/mol. The van der Waals surface area contributed by atoms with Crippen LogP contribution in [0.2, 0.25) is 0 Å². The van der Waals surface area contributed by atoms with Crippen molar-refractivity contribution in [3.05, 3.63) is 33.8 Å². The molecule has 23 heavy (non-hydrogen) atoms. The summed E-state index contributed by atoms with van der Waals surface area (Å²) in [4.78, 5) is 13.9. The SMILES string of the molecule is CCCN(CCNCc1ccc(C)c(Br)c1)C(=O)OC(C)(C)C. The zero-order chi connectivity index (χ0) is 17.5. The average molecular weight is 385 g/mol. The average Bonchev–Trinajstić information content (AvgIpc) is 2.44. The van der Waals surface area contributed by atoms with Gasteiger partial charge in [0.2, 0.25) is 0 Å². The lowest BCUT2D eigenvalue weighted by Crippen LogP contribution is -2.40. The van der Waals surface area contributed by atoms with Crippen LogP contribution in [-0.2, 0) is 11.3 Å². The standard InChI is InChI=1S/C18H29BrN2O2/c1-6-10-21(17(22)23-18(3,4)5)11-9-20-13-15-8-7-14(2)16(19)12-15/h7-8,12,20H,6,9-11,13H2,1-5H3. The van der Waals surface area contributed by atoms with Crippen molar-refractivity contribution >= 4 is 22.0 Å². The molecule has 1 amide bonds. The maximum atomic E-state index is 12.2. The quantitative estimate of drug-likeness (QED) is 0.703. The molecule has 5 heteroatoms. The summed E-state index contributed by atoms with van der Waals surface area (Å²) < 4.78 is 6.57. The van der Waals surface area contributed by atoms with Gasteiger partial charge in [0.1, 0.15) is 5.60 Å². The first-order valence-electron chi connectivity index (χ1n) is 8.16. The lowest BCUT2D eigenvalue weighted by Gasteiger charge is -2.27. The molecule has 0 fully saturated rings. The van der Waals surface area contributed by atoms with Gasteiger partial charge in [-0.3, -0.25) is 0 Å². The van der Waals surface area contributed by atoms with E-state index in [1.807, 2.05) is 20.8 Å². The number of ether oxygens (including phenoxy) is 1. The number of hydrogen-bond acceptors (Lipinski definition) is 3. The van der Waals surface area contributed by atoms with E-state index in [-0.39, 0.29) is 6.09 Å². The van der Waals surface area contributed by atoms with Crippen molar-refractivity contribution < 1.29 is 9.53 Å². The Hall–Kier alpha value is -1.07. The minimum Gasteiger partial charge on any atom is -0.444 e. The zero-order valence-corrected chi connectivity index (χ0v) is 16.5. The maximum Gasteiger partial charge on any atom is 0.410 e. The number of nitrogens with zero attached hydrogens (tertiary/aromatic N) is 1. The van der Waals surface area contributed by atoms with Gasteiger partial charge in [0.15, 0.2) is 0 Å². The van der Waals surface area contributed by atoms with Crippen LogP contribution in [0.15, 0.2) is 22.7 Å². The van der Waals surface area contributed by atoms with Gasteiger partial charge in [0.05, 0.1) is 0 Å². The van der Waals surface area contributed by atoms with E-state index in [1.165, 1.54) is 11.1 Å². The van der Waals surface area contributed by atoms with Crippen molar-refractivity contribution in [1.29, 1.82) is 0 Å². The normalized spacial score (nSPS) is 11.4. The summed E-state index contributed by atoms with van der Waals surface area (Å²) in [5.41, 5.74) is 2.00. The van der Waals surface area contributed by atoms with E-state index in [2.05, 4.69) is 53.3 Å². The molecule has 0 saturated heterocycles. The largest absolute Gasteiger partial charge is 0.444 e. The molecule has 1 aromatic carbocycles. The second kappa shape index (κ2) is 9.28. The Morgan fingerprint density at radius 1 is 1.30 bits per heavy atom. The van der Waals surface area contributed by atoms with Gasteiger partial charge in [-0.1, -0.05) is 35.0 Å². The second-order valence-corrected chi connectivity index (χ2v) is 7.58. The molecule has 1 N–H and O–H groups in total. The third-order valence-electron chi connectivity index (χ3n) is 3.27. The fourth-order valence-corrected chi connectivity index (χ4v) is 2.51. The number of aryl methyl sites for hydroxylation is 1. The molecule has 0 bridgehead atoms. The van der Waals surface area contributed by atoms with Gasteiger partial charge in [0.25, 0.3) is 0 Å². The molecule has 0 saturated carbocycles. The molecule has 0 unspecified atom stereocenters. The molecule has 4 nitrogen and oxygen atoms in total. The Balaban J connectivity index is 2.43. The van der Waals surface area contributed by atoms with E-state index in [1.54, 1.807) is 4.90 Å². The molecule has 0 aliphatic heterocycles. The number of hydrogen-bond donors (Lipinski definition) is 1. The first-order chi connectivity index (χ1) is 10.7. The van der Waals surface area contributed by atoms with Crippen LogP contribution >= 0.6 is 15.9 Å². The number of amides is 1. The van der Waals surface area contributed by atoms with Crippen molar-refractivity contribution in [3.8, 4) is 0 Å². The fourth-order valence-electron chi connectivity index (χ4n) is 2.08. The highest BCUT2D eigenvalue weighted by molar-refractivity contribution is 9.10. The highest BCUT2D eigenvalue weighted by Crippen LogP contribution is 2.17. The van der Waals surface area contributed by atoms with Crippen molar-refractivity contribution in [2.75, 3.05) is 19.6 Å². The summed E-state index contributed by atoms with van der Waals surface area (Å²) in [6.45, 7) is 12.7. The Bertz CT molecular complexity index is 512. The Morgan fingerprint density at radius 3 is 2.57 bits per heavy atom. The third kappa shape index (κ3) is 7.84. The van der Waals surface area contributed by atoms with Crippen LogP contribution in [-0.4, -0.2) is 36.2 Å². The molecule has 0 heterocycles. The monoisotopic (exact) mass is 384 g/mol. The predicted octanol–water partition coefficient (Wildman–Crippen LogP) is 4.49. The lowest BCUT2D eigenvalue weighted by atomic mass is 10.1. The number of benzene rings is 1. The molecule has 0 aliphatic carbocycles. The summed E-state index contributed by atoms with van der Waals surface area (Å²) in [5.74, 6) is 0. The Morgan fingerprint density at radius 2 is 2.00 bits per heavy atom. The van der Waals surface area contributed by atoms with Gasteiger partial charge in [-0.05, 0) is 51.3 Å². The molecule has 0 spiro atoms. The number of rotatable bonds is 7.